The molecule has 2 aromatic rings. The smallest absolute Gasteiger partial charge is 0.351 e. The van der Waals surface area contributed by atoms with E-state index in [1.54, 1.807) is 0 Å². The lowest BCUT2D eigenvalue weighted by Crippen LogP contribution is -2.18. The van der Waals surface area contributed by atoms with Gasteiger partial charge in [0.05, 0.1) is 7.11 Å². The van der Waals surface area contributed by atoms with Gasteiger partial charge in [0.2, 0.25) is 9.84 Å². The highest BCUT2D eigenvalue weighted by Crippen LogP contribution is 2.23. The van der Waals surface area contributed by atoms with Gasteiger partial charge in [-0.3, -0.25) is 0 Å². The van der Waals surface area contributed by atoms with Crippen molar-refractivity contribution < 1.29 is 31.1 Å². The van der Waals surface area contributed by atoms with Crippen LogP contribution in [0.5, 0.6) is 0 Å². The van der Waals surface area contributed by atoms with E-state index >= 15 is 0 Å². The Hall–Kier alpha value is -2.81. The maximum atomic E-state index is 13.8. The summed E-state index contributed by atoms with van der Waals surface area (Å²) < 4.78 is 69.3. The van der Waals surface area contributed by atoms with Crippen molar-refractivity contribution in [2.24, 2.45) is 0 Å². The van der Waals surface area contributed by atoms with Gasteiger partial charge < -0.3 is 10.1 Å². The van der Waals surface area contributed by atoms with Crippen LogP contribution in [0.25, 0.3) is 0 Å². The van der Waals surface area contributed by atoms with Crippen LogP contribution in [0, 0.1) is 17.5 Å². The van der Waals surface area contributed by atoms with Crippen molar-refractivity contribution in [3.63, 3.8) is 0 Å². The number of rotatable bonds is 5. The number of halogens is 3. The lowest BCUT2D eigenvalue weighted by Gasteiger charge is -2.09. The number of anilines is 1. The molecule has 1 N–H and O–H groups in total. The van der Waals surface area contributed by atoms with Gasteiger partial charge in [-0.1, -0.05) is 12.1 Å². The van der Waals surface area contributed by atoms with Gasteiger partial charge in [-0.05, 0) is 24.3 Å². The number of hydrogen-bond acceptors (Lipinski definition) is 5. The van der Waals surface area contributed by atoms with Crippen molar-refractivity contribution in [1.29, 1.82) is 0 Å². The highest BCUT2D eigenvalue weighted by molar-refractivity contribution is 7.96. The van der Waals surface area contributed by atoms with Crippen molar-refractivity contribution in [2.75, 3.05) is 12.4 Å². The van der Waals surface area contributed by atoms with Crippen molar-refractivity contribution in [3.05, 3.63) is 71.0 Å². The Labute approximate surface area is 141 Å². The molecule has 0 aromatic heterocycles. The van der Waals surface area contributed by atoms with E-state index in [-0.39, 0.29) is 5.69 Å². The summed E-state index contributed by atoms with van der Waals surface area (Å²) in [4.78, 5) is 10.2. The van der Waals surface area contributed by atoms with E-state index in [0.29, 0.717) is 0 Å². The lowest BCUT2D eigenvalue weighted by molar-refractivity contribution is -0.135. The maximum absolute atomic E-state index is 13.8. The molecule has 0 aliphatic carbocycles. The van der Waals surface area contributed by atoms with Gasteiger partial charge in [-0.15, -0.1) is 0 Å². The van der Waals surface area contributed by atoms with Crippen LogP contribution < -0.4 is 5.32 Å². The second-order valence-electron chi connectivity index (χ2n) is 4.71. The molecule has 0 aliphatic heterocycles. The number of esters is 1. The highest BCUT2D eigenvalue weighted by Gasteiger charge is 2.30. The van der Waals surface area contributed by atoms with E-state index in [1.807, 2.05) is 0 Å². The third kappa shape index (κ3) is 4.00. The van der Waals surface area contributed by atoms with Crippen molar-refractivity contribution in [1.82, 2.24) is 0 Å². The molecule has 5 nitrogen and oxygen atoms in total. The van der Waals surface area contributed by atoms with E-state index in [9.17, 15) is 26.4 Å². The van der Waals surface area contributed by atoms with Crippen molar-refractivity contribution in [2.45, 2.75) is 4.90 Å². The monoisotopic (exact) mass is 371 g/mol. The van der Waals surface area contributed by atoms with Crippen LogP contribution in [-0.2, 0) is 19.4 Å². The van der Waals surface area contributed by atoms with E-state index in [2.05, 4.69) is 10.1 Å². The van der Waals surface area contributed by atoms with Gasteiger partial charge in [0.15, 0.2) is 16.5 Å². The largest absolute Gasteiger partial charge is 0.465 e. The quantitative estimate of drug-likeness (QED) is 0.646. The van der Waals surface area contributed by atoms with Crippen LogP contribution >= 0.6 is 0 Å². The number of nitrogens with one attached hydrogen (secondary N) is 1. The fraction of sp³-hybridized carbons (Fsp3) is 0.0625. The number of ether oxygens (including phenoxy) is 1. The van der Waals surface area contributed by atoms with Gasteiger partial charge in [-0.25, -0.2) is 26.4 Å². The standard InChI is InChI=1S/C16H12F3NO4S/c1-24-16(21)15(9-20-10-6-7-11(17)13(19)8-10)25(22,23)14-5-3-2-4-12(14)18/h2-9,20H,1H3. The Bertz CT molecular complexity index is 942. The third-order valence-corrected chi connectivity index (χ3v) is 4.87. The second kappa shape index (κ2) is 7.39. The molecule has 25 heavy (non-hydrogen) atoms. The van der Waals surface area contributed by atoms with Gasteiger partial charge in [0.1, 0.15) is 10.7 Å². The van der Waals surface area contributed by atoms with Crippen LogP contribution in [0.4, 0.5) is 18.9 Å². The molecule has 0 radical (unpaired) electrons. The summed E-state index contributed by atoms with van der Waals surface area (Å²) in [6.07, 6.45) is 0.723. The van der Waals surface area contributed by atoms with Gasteiger partial charge in [0.25, 0.3) is 0 Å². The third-order valence-electron chi connectivity index (χ3n) is 3.09. The molecule has 0 saturated carbocycles. The van der Waals surface area contributed by atoms with Crippen molar-refractivity contribution >= 4 is 21.5 Å². The zero-order chi connectivity index (χ0) is 18.6. The molecule has 0 spiro atoms. The molecule has 0 unspecified atom stereocenters. The Balaban J connectivity index is 2.47. The Kier molecular flexibility index (Phi) is 5.48. The van der Waals surface area contributed by atoms with Gasteiger partial charge in [0, 0.05) is 18.0 Å². The minimum atomic E-state index is -4.55. The number of hydrogen-bond donors (Lipinski definition) is 1. The molecule has 0 heterocycles. The second-order valence-corrected chi connectivity index (χ2v) is 6.59. The van der Waals surface area contributed by atoms with Crippen LogP contribution in [0.15, 0.2) is 58.5 Å². The molecule has 9 heteroatoms. The lowest BCUT2D eigenvalue weighted by atomic mass is 10.3. The topological polar surface area (TPSA) is 72.5 Å². The average Bonchev–Trinajstić information content (AvgIpc) is 2.58. The van der Waals surface area contributed by atoms with Gasteiger partial charge in [-0.2, -0.15) is 0 Å². The van der Waals surface area contributed by atoms with Crippen LogP contribution in [0.1, 0.15) is 0 Å². The fourth-order valence-electron chi connectivity index (χ4n) is 1.86. The number of methoxy groups -OCH3 is 1. The van der Waals surface area contributed by atoms with Crippen LogP contribution in [0.2, 0.25) is 0 Å². The molecule has 0 fully saturated rings. The summed E-state index contributed by atoms with van der Waals surface area (Å²) in [5.41, 5.74) is -0.0240. The van der Waals surface area contributed by atoms with Gasteiger partial charge >= 0.3 is 5.97 Å². The highest BCUT2D eigenvalue weighted by atomic mass is 32.2. The SMILES string of the molecule is COC(=O)C(=CNc1ccc(F)c(F)c1)S(=O)(=O)c1ccccc1F. The molecule has 0 bridgehead atoms. The summed E-state index contributed by atoms with van der Waals surface area (Å²) in [5, 5.41) is 2.35. The minimum Gasteiger partial charge on any atom is -0.465 e. The van der Waals surface area contributed by atoms with Crippen LogP contribution in [0.3, 0.4) is 0 Å². The Morgan fingerprint density at radius 3 is 2.32 bits per heavy atom. The van der Waals surface area contributed by atoms with E-state index in [0.717, 1.165) is 43.6 Å². The molecular formula is C16H12F3NO4S. The van der Waals surface area contributed by atoms with Crippen molar-refractivity contribution in [3.8, 4) is 0 Å². The summed E-state index contributed by atoms with van der Waals surface area (Å²) in [6.45, 7) is 0. The average molecular weight is 371 g/mol. The molecule has 132 valence electrons. The first-order chi connectivity index (χ1) is 11.8. The first-order valence-electron chi connectivity index (χ1n) is 6.77. The number of sulfone groups is 1. The normalized spacial score (nSPS) is 11.9. The number of carbonyl (C=O) groups excluding carboxylic acids is 1. The molecule has 2 aromatic carbocycles. The molecule has 2 rings (SSSR count). The summed E-state index contributed by atoms with van der Waals surface area (Å²) >= 11 is 0. The first kappa shape index (κ1) is 18.5. The Morgan fingerprint density at radius 1 is 1.04 bits per heavy atom. The van der Waals surface area contributed by atoms with E-state index < -0.39 is 43.1 Å². The Morgan fingerprint density at radius 2 is 1.72 bits per heavy atom. The molecular weight excluding hydrogens is 359 g/mol. The summed E-state index contributed by atoms with van der Waals surface area (Å²) in [6, 6.07) is 7.18. The minimum absolute atomic E-state index is 0.0240. The van der Waals surface area contributed by atoms with E-state index in [4.69, 9.17) is 0 Å². The summed E-state index contributed by atoms with van der Waals surface area (Å²) in [7, 11) is -3.60. The zero-order valence-electron chi connectivity index (χ0n) is 12.8. The number of benzene rings is 2. The zero-order valence-corrected chi connectivity index (χ0v) is 13.6. The summed E-state index contributed by atoms with van der Waals surface area (Å²) in [5.74, 6) is -4.57. The maximum Gasteiger partial charge on any atom is 0.351 e. The molecule has 0 atom stereocenters. The van der Waals surface area contributed by atoms with Crippen LogP contribution in [-0.4, -0.2) is 21.5 Å². The first-order valence-corrected chi connectivity index (χ1v) is 8.25. The molecule has 0 amide bonds. The molecule has 0 aliphatic rings. The predicted octanol–water partition coefficient (Wildman–Crippen LogP) is 3.00. The molecule has 0 saturated heterocycles. The predicted molar refractivity (Wildman–Crippen MR) is 83.7 cm³/mol. The number of carbonyl (C=O) groups is 1. The van der Waals surface area contributed by atoms with E-state index in [1.165, 1.54) is 12.1 Å². The fourth-order valence-corrected chi connectivity index (χ4v) is 3.20.